The van der Waals surface area contributed by atoms with Gasteiger partial charge in [-0.15, -0.1) is 12.4 Å². The molecule has 0 aromatic heterocycles. The van der Waals surface area contributed by atoms with Gasteiger partial charge >= 0.3 is 0 Å². The third-order valence-corrected chi connectivity index (χ3v) is 4.70. The van der Waals surface area contributed by atoms with Crippen LogP contribution in [0.3, 0.4) is 0 Å². The standard InChI is InChI=1S/C20H30N4O3.ClH/c1-2-11-22-19(26)15-6-5-7-16(13-15)20(27)24-12-4-3-8-17(24)14-23-18(25)9-10-21;/h5-7,13,17H,2-4,8-12,14,21H2,1H3,(H,22,26)(H,23,25);1H. The maximum Gasteiger partial charge on any atom is 0.254 e. The number of nitrogens with zero attached hydrogens (tertiary/aromatic N) is 1. The number of likely N-dealkylation sites (tertiary alicyclic amines) is 1. The van der Waals surface area contributed by atoms with Gasteiger partial charge in [0.1, 0.15) is 0 Å². The van der Waals surface area contributed by atoms with Crippen LogP contribution in [0.25, 0.3) is 0 Å². The molecule has 0 spiro atoms. The monoisotopic (exact) mass is 410 g/mol. The van der Waals surface area contributed by atoms with E-state index in [-0.39, 0.29) is 42.6 Å². The van der Waals surface area contributed by atoms with Crippen LogP contribution in [0.1, 0.15) is 59.7 Å². The zero-order valence-electron chi connectivity index (χ0n) is 16.4. The van der Waals surface area contributed by atoms with Gasteiger partial charge in [-0.1, -0.05) is 13.0 Å². The number of benzene rings is 1. The fourth-order valence-corrected chi connectivity index (χ4v) is 3.23. The van der Waals surface area contributed by atoms with E-state index >= 15 is 0 Å². The van der Waals surface area contributed by atoms with E-state index in [2.05, 4.69) is 10.6 Å². The second-order valence-corrected chi connectivity index (χ2v) is 6.83. The first-order valence-electron chi connectivity index (χ1n) is 9.72. The summed E-state index contributed by atoms with van der Waals surface area (Å²) in [6.07, 6.45) is 3.97. The molecule has 1 atom stereocenters. The number of nitrogens with two attached hydrogens (primary N) is 1. The van der Waals surface area contributed by atoms with Crippen molar-refractivity contribution in [1.29, 1.82) is 0 Å². The Bertz CT molecular complexity index is 669. The third-order valence-electron chi connectivity index (χ3n) is 4.70. The summed E-state index contributed by atoms with van der Waals surface area (Å²) in [4.78, 5) is 38.7. The highest BCUT2D eigenvalue weighted by molar-refractivity contribution is 5.99. The SMILES string of the molecule is CCCNC(=O)c1cccc(C(=O)N2CCCCC2CNC(=O)CCN)c1.Cl. The van der Waals surface area contributed by atoms with Crippen molar-refractivity contribution >= 4 is 30.1 Å². The molecule has 3 amide bonds. The number of hydrogen-bond donors (Lipinski definition) is 3. The number of carbonyl (C=O) groups is 3. The molecule has 156 valence electrons. The number of piperidine rings is 1. The van der Waals surface area contributed by atoms with E-state index in [0.29, 0.717) is 37.3 Å². The van der Waals surface area contributed by atoms with Crippen LogP contribution in [0.4, 0.5) is 0 Å². The van der Waals surface area contributed by atoms with Crippen molar-refractivity contribution in [3.8, 4) is 0 Å². The quantitative estimate of drug-likeness (QED) is 0.606. The Morgan fingerprint density at radius 1 is 1.18 bits per heavy atom. The van der Waals surface area contributed by atoms with E-state index < -0.39 is 0 Å². The summed E-state index contributed by atoms with van der Waals surface area (Å²) in [6.45, 7) is 3.99. The molecule has 1 heterocycles. The minimum absolute atomic E-state index is 0. The number of nitrogens with one attached hydrogen (secondary N) is 2. The third kappa shape index (κ3) is 6.80. The van der Waals surface area contributed by atoms with Crippen LogP contribution in [0.5, 0.6) is 0 Å². The molecular formula is C20H31ClN4O3. The average Bonchev–Trinajstić information content (AvgIpc) is 2.70. The van der Waals surface area contributed by atoms with Crippen LogP contribution in [0, 0.1) is 0 Å². The predicted molar refractivity (Wildman–Crippen MR) is 112 cm³/mol. The molecule has 1 aliphatic heterocycles. The molecule has 7 nitrogen and oxygen atoms in total. The van der Waals surface area contributed by atoms with Crippen molar-refractivity contribution in [1.82, 2.24) is 15.5 Å². The summed E-state index contributed by atoms with van der Waals surface area (Å²) in [5, 5.41) is 5.69. The number of hydrogen-bond acceptors (Lipinski definition) is 4. The van der Waals surface area contributed by atoms with E-state index in [1.807, 2.05) is 11.8 Å². The molecule has 1 saturated heterocycles. The van der Waals surface area contributed by atoms with E-state index in [0.717, 1.165) is 25.7 Å². The van der Waals surface area contributed by atoms with Gasteiger partial charge in [-0.05, 0) is 43.9 Å². The van der Waals surface area contributed by atoms with Gasteiger partial charge in [0.25, 0.3) is 11.8 Å². The van der Waals surface area contributed by atoms with E-state index in [1.165, 1.54) is 0 Å². The summed E-state index contributed by atoms with van der Waals surface area (Å²) < 4.78 is 0. The van der Waals surface area contributed by atoms with Crippen molar-refractivity contribution in [2.75, 3.05) is 26.2 Å². The van der Waals surface area contributed by atoms with Gasteiger partial charge < -0.3 is 21.3 Å². The molecule has 8 heteroatoms. The molecule has 0 radical (unpaired) electrons. The number of amides is 3. The minimum atomic E-state index is -0.171. The minimum Gasteiger partial charge on any atom is -0.354 e. The lowest BCUT2D eigenvalue weighted by Gasteiger charge is -2.36. The second-order valence-electron chi connectivity index (χ2n) is 6.83. The second kappa shape index (κ2) is 12.4. The zero-order chi connectivity index (χ0) is 19.6. The van der Waals surface area contributed by atoms with Crippen molar-refractivity contribution in [2.45, 2.75) is 45.1 Å². The molecule has 1 aliphatic rings. The van der Waals surface area contributed by atoms with Crippen molar-refractivity contribution in [2.24, 2.45) is 5.73 Å². The van der Waals surface area contributed by atoms with Gasteiger partial charge in [0.2, 0.25) is 5.91 Å². The molecule has 2 rings (SSSR count). The van der Waals surface area contributed by atoms with Gasteiger partial charge in [0, 0.05) is 49.8 Å². The predicted octanol–water partition coefficient (Wildman–Crippen LogP) is 1.71. The van der Waals surface area contributed by atoms with E-state index in [4.69, 9.17) is 5.73 Å². The lowest BCUT2D eigenvalue weighted by Crippen LogP contribution is -2.49. The van der Waals surface area contributed by atoms with Crippen LogP contribution in [-0.4, -0.2) is 54.8 Å². The van der Waals surface area contributed by atoms with Crippen molar-refractivity contribution < 1.29 is 14.4 Å². The van der Waals surface area contributed by atoms with Crippen molar-refractivity contribution in [3.63, 3.8) is 0 Å². The van der Waals surface area contributed by atoms with Crippen LogP contribution in [0.15, 0.2) is 24.3 Å². The molecule has 1 unspecified atom stereocenters. The molecule has 0 aliphatic carbocycles. The first-order valence-corrected chi connectivity index (χ1v) is 9.72. The summed E-state index contributed by atoms with van der Waals surface area (Å²) in [6, 6.07) is 6.79. The Balaban J connectivity index is 0.00000392. The van der Waals surface area contributed by atoms with Gasteiger partial charge in [0.15, 0.2) is 0 Å². The summed E-state index contributed by atoms with van der Waals surface area (Å²) in [7, 11) is 0. The molecule has 28 heavy (non-hydrogen) atoms. The molecule has 0 saturated carbocycles. The van der Waals surface area contributed by atoms with E-state index in [9.17, 15) is 14.4 Å². The summed E-state index contributed by atoms with van der Waals surface area (Å²) in [5.41, 5.74) is 6.39. The number of rotatable bonds is 8. The topological polar surface area (TPSA) is 105 Å². The number of carbonyl (C=O) groups excluding carboxylic acids is 3. The maximum absolute atomic E-state index is 13.0. The maximum atomic E-state index is 13.0. The van der Waals surface area contributed by atoms with Crippen molar-refractivity contribution in [3.05, 3.63) is 35.4 Å². The Hall–Kier alpha value is -2.12. The first kappa shape index (κ1) is 23.9. The van der Waals surface area contributed by atoms with Crippen LogP contribution in [-0.2, 0) is 4.79 Å². The van der Waals surface area contributed by atoms with Crippen LogP contribution >= 0.6 is 12.4 Å². The summed E-state index contributed by atoms with van der Waals surface area (Å²) in [5.74, 6) is -0.362. The van der Waals surface area contributed by atoms with Crippen LogP contribution in [0.2, 0.25) is 0 Å². The highest BCUT2D eigenvalue weighted by atomic mass is 35.5. The van der Waals surface area contributed by atoms with Gasteiger partial charge in [-0.25, -0.2) is 0 Å². The molecule has 1 fully saturated rings. The fourth-order valence-electron chi connectivity index (χ4n) is 3.23. The van der Waals surface area contributed by atoms with Gasteiger partial charge in [-0.2, -0.15) is 0 Å². The molecule has 0 bridgehead atoms. The number of halogens is 1. The average molecular weight is 411 g/mol. The summed E-state index contributed by atoms with van der Waals surface area (Å²) >= 11 is 0. The molecular weight excluding hydrogens is 380 g/mol. The highest BCUT2D eigenvalue weighted by Crippen LogP contribution is 2.20. The van der Waals surface area contributed by atoms with Crippen LogP contribution < -0.4 is 16.4 Å². The Morgan fingerprint density at radius 2 is 1.93 bits per heavy atom. The molecule has 1 aromatic rings. The molecule has 1 aromatic carbocycles. The lowest BCUT2D eigenvalue weighted by molar-refractivity contribution is -0.121. The zero-order valence-corrected chi connectivity index (χ0v) is 17.2. The fraction of sp³-hybridized carbons (Fsp3) is 0.550. The Labute approximate surface area is 172 Å². The van der Waals surface area contributed by atoms with Gasteiger partial charge in [-0.3, -0.25) is 14.4 Å². The first-order chi connectivity index (χ1) is 13.1. The van der Waals surface area contributed by atoms with Gasteiger partial charge in [0.05, 0.1) is 0 Å². The Kier molecular flexibility index (Phi) is 10.6. The highest BCUT2D eigenvalue weighted by Gasteiger charge is 2.28. The molecule has 4 N–H and O–H groups in total. The lowest BCUT2D eigenvalue weighted by atomic mass is 10.00. The Morgan fingerprint density at radius 3 is 2.64 bits per heavy atom. The largest absolute Gasteiger partial charge is 0.354 e. The smallest absolute Gasteiger partial charge is 0.254 e. The van der Waals surface area contributed by atoms with E-state index in [1.54, 1.807) is 24.3 Å². The normalized spacial score (nSPS) is 16.1.